The van der Waals surface area contributed by atoms with Gasteiger partial charge in [-0.3, -0.25) is 0 Å². The van der Waals surface area contributed by atoms with Crippen LogP contribution in [0.5, 0.6) is 0 Å². The first-order chi connectivity index (χ1) is 10.5. The molecule has 0 fully saturated rings. The molecular weight excluding hydrogens is 283 g/mol. The lowest BCUT2D eigenvalue weighted by Crippen LogP contribution is -2.39. The topological polar surface area (TPSA) is 52.6 Å². The normalized spacial score (nSPS) is 11.8. The Labute approximate surface area is 129 Å². The zero-order chi connectivity index (χ0) is 15.9. The molecule has 0 heterocycles. The van der Waals surface area contributed by atoms with Crippen molar-refractivity contribution in [3.63, 3.8) is 0 Å². The number of halogens is 1. The molecule has 2 N–H and O–H groups in total. The van der Waals surface area contributed by atoms with Crippen molar-refractivity contribution in [3.8, 4) is 0 Å². The molecule has 0 aromatic heterocycles. The quantitative estimate of drug-likeness (QED) is 0.891. The largest absolute Gasteiger partial charge is 0.392 e. The molecule has 0 bridgehead atoms. The molecule has 2 aromatic rings. The molecule has 2 aromatic carbocycles. The van der Waals surface area contributed by atoms with Gasteiger partial charge < -0.3 is 15.3 Å². The first-order valence-corrected chi connectivity index (χ1v) is 7.08. The van der Waals surface area contributed by atoms with Crippen LogP contribution in [0.2, 0.25) is 0 Å². The van der Waals surface area contributed by atoms with Gasteiger partial charge in [-0.05, 0) is 30.7 Å². The van der Waals surface area contributed by atoms with Crippen LogP contribution in [0, 0.1) is 5.82 Å². The van der Waals surface area contributed by atoms with Gasteiger partial charge in [0.25, 0.3) is 0 Å². The van der Waals surface area contributed by atoms with Gasteiger partial charge in [-0.2, -0.15) is 0 Å². The SMILES string of the molecule is C[C@@H](O)CN(Cc1ccccc1)C(=O)Nc1cccc(F)c1. The number of nitrogens with one attached hydrogen (secondary N) is 1. The van der Waals surface area contributed by atoms with Gasteiger partial charge in [0, 0.05) is 18.8 Å². The van der Waals surface area contributed by atoms with Crippen molar-refractivity contribution in [3.05, 3.63) is 66.0 Å². The Bertz CT molecular complexity index is 617. The molecule has 2 rings (SSSR count). The summed E-state index contributed by atoms with van der Waals surface area (Å²) in [6.45, 7) is 2.18. The van der Waals surface area contributed by atoms with Gasteiger partial charge in [-0.15, -0.1) is 0 Å². The first kappa shape index (κ1) is 16.0. The molecule has 1 atom stereocenters. The third-order valence-electron chi connectivity index (χ3n) is 3.06. The van der Waals surface area contributed by atoms with E-state index in [-0.39, 0.29) is 12.6 Å². The van der Waals surface area contributed by atoms with Crippen molar-refractivity contribution < 1.29 is 14.3 Å². The number of anilines is 1. The highest BCUT2D eigenvalue weighted by Crippen LogP contribution is 2.12. The standard InChI is InChI=1S/C17H19FN2O2/c1-13(21)11-20(12-14-6-3-2-4-7-14)17(22)19-16-9-5-8-15(18)10-16/h2-10,13,21H,11-12H2,1H3,(H,19,22)/t13-/m1/s1. The Hall–Kier alpha value is -2.40. The smallest absolute Gasteiger partial charge is 0.322 e. The van der Waals surface area contributed by atoms with E-state index in [1.165, 1.54) is 23.1 Å². The molecule has 0 spiro atoms. The maximum Gasteiger partial charge on any atom is 0.322 e. The Balaban J connectivity index is 2.09. The number of nitrogens with zero attached hydrogens (tertiary/aromatic N) is 1. The second kappa shape index (κ2) is 7.56. The minimum atomic E-state index is -0.651. The second-order valence-electron chi connectivity index (χ2n) is 5.16. The summed E-state index contributed by atoms with van der Waals surface area (Å²) in [4.78, 5) is 13.8. The van der Waals surface area contributed by atoms with Crippen molar-refractivity contribution in [1.29, 1.82) is 0 Å². The Morgan fingerprint density at radius 2 is 1.95 bits per heavy atom. The zero-order valence-corrected chi connectivity index (χ0v) is 12.4. The number of benzene rings is 2. The van der Waals surface area contributed by atoms with Gasteiger partial charge in [-0.1, -0.05) is 36.4 Å². The van der Waals surface area contributed by atoms with Crippen LogP contribution < -0.4 is 5.32 Å². The summed E-state index contributed by atoms with van der Waals surface area (Å²) in [5.41, 5.74) is 1.34. The van der Waals surface area contributed by atoms with Crippen LogP contribution in [-0.2, 0) is 6.54 Å². The number of hydrogen-bond acceptors (Lipinski definition) is 2. The zero-order valence-electron chi connectivity index (χ0n) is 12.4. The number of urea groups is 1. The summed E-state index contributed by atoms with van der Waals surface area (Å²) in [6.07, 6.45) is -0.651. The maximum absolute atomic E-state index is 13.2. The number of rotatable bonds is 5. The number of aliphatic hydroxyl groups excluding tert-OH is 1. The van der Waals surface area contributed by atoms with E-state index < -0.39 is 11.9 Å². The van der Waals surface area contributed by atoms with E-state index in [4.69, 9.17) is 0 Å². The van der Waals surface area contributed by atoms with Crippen molar-refractivity contribution in [1.82, 2.24) is 4.90 Å². The monoisotopic (exact) mass is 302 g/mol. The maximum atomic E-state index is 13.2. The average Bonchev–Trinajstić information content (AvgIpc) is 2.47. The molecule has 4 nitrogen and oxygen atoms in total. The Kier molecular flexibility index (Phi) is 5.49. The van der Waals surface area contributed by atoms with Crippen LogP contribution in [0.25, 0.3) is 0 Å². The van der Waals surface area contributed by atoms with E-state index in [1.54, 1.807) is 13.0 Å². The van der Waals surface area contributed by atoms with Crippen molar-refractivity contribution in [2.24, 2.45) is 0 Å². The lowest BCUT2D eigenvalue weighted by Gasteiger charge is -2.24. The van der Waals surface area contributed by atoms with E-state index >= 15 is 0 Å². The third kappa shape index (κ3) is 4.86. The molecule has 0 saturated heterocycles. The molecule has 22 heavy (non-hydrogen) atoms. The lowest BCUT2D eigenvalue weighted by molar-refractivity contribution is 0.135. The molecule has 0 aliphatic heterocycles. The van der Waals surface area contributed by atoms with E-state index in [0.717, 1.165) is 5.56 Å². The van der Waals surface area contributed by atoms with Crippen LogP contribution >= 0.6 is 0 Å². The van der Waals surface area contributed by atoms with Crippen LogP contribution in [0.15, 0.2) is 54.6 Å². The minimum Gasteiger partial charge on any atom is -0.392 e. The Morgan fingerprint density at radius 3 is 2.59 bits per heavy atom. The van der Waals surface area contributed by atoms with Gasteiger partial charge in [0.2, 0.25) is 0 Å². The molecule has 5 heteroatoms. The highest BCUT2D eigenvalue weighted by Gasteiger charge is 2.16. The van der Waals surface area contributed by atoms with E-state index in [9.17, 15) is 14.3 Å². The summed E-state index contributed by atoms with van der Waals surface area (Å²) in [7, 11) is 0. The molecule has 2 amide bonds. The van der Waals surface area contributed by atoms with Crippen molar-refractivity contribution in [2.75, 3.05) is 11.9 Å². The first-order valence-electron chi connectivity index (χ1n) is 7.08. The van der Waals surface area contributed by atoms with Crippen LogP contribution in [0.3, 0.4) is 0 Å². The summed E-state index contributed by atoms with van der Waals surface area (Å²) < 4.78 is 13.2. The number of amides is 2. The minimum absolute atomic E-state index is 0.191. The molecule has 0 unspecified atom stereocenters. The molecule has 0 aliphatic carbocycles. The van der Waals surface area contributed by atoms with Crippen LogP contribution in [0.1, 0.15) is 12.5 Å². The van der Waals surface area contributed by atoms with Crippen molar-refractivity contribution >= 4 is 11.7 Å². The molecular formula is C17H19FN2O2. The number of aliphatic hydroxyl groups is 1. The fraction of sp³-hybridized carbons (Fsp3) is 0.235. The number of hydrogen-bond donors (Lipinski definition) is 2. The third-order valence-corrected chi connectivity index (χ3v) is 3.06. The summed E-state index contributed by atoms with van der Waals surface area (Å²) in [6, 6.07) is 14.8. The van der Waals surface area contributed by atoms with Crippen molar-refractivity contribution in [2.45, 2.75) is 19.6 Å². The van der Waals surface area contributed by atoms with Gasteiger partial charge in [0.1, 0.15) is 5.82 Å². The highest BCUT2D eigenvalue weighted by atomic mass is 19.1. The number of carbonyl (C=O) groups excluding carboxylic acids is 1. The van der Waals surface area contributed by atoms with Gasteiger partial charge in [0.05, 0.1) is 6.10 Å². The van der Waals surface area contributed by atoms with Gasteiger partial charge in [-0.25, -0.2) is 9.18 Å². The van der Waals surface area contributed by atoms with E-state index in [1.807, 2.05) is 30.3 Å². The van der Waals surface area contributed by atoms with Crippen LogP contribution in [0.4, 0.5) is 14.9 Å². The summed E-state index contributed by atoms with van der Waals surface area (Å²) >= 11 is 0. The average molecular weight is 302 g/mol. The van der Waals surface area contributed by atoms with Gasteiger partial charge in [0.15, 0.2) is 0 Å². The van der Waals surface area contributed by atoms with E-state index in [2.05, 4.69) is 5.32 Å². The number of carbonyl (C=O) groups is 1. The molecule has 0 saturated carbocycles. The fourth-order valence-electron chi connectivity index (χ4n) is 2.11. The predicted molar refractivity (Wildman–Crippen MR) is 84.0 cm³/mol. The fourth-order valence-corrected chi connectivity index (χ4v) is 2.11. The van der Waals surface area contributed by atoms with Gasteiger partial charge >= 0.3 is 6.03 Å². The molecule has 116 valence electrons. The lowest BCUT2D eigenvalue weighted by atomic mass is 10.2. The highest BCUT2D eigenvalue weighted by molar-refractivity contribution is 5.89. The second-order valence-corrected chi connectivity index (χ2v) is 5.16. The summed E-state index contributed by atoms with van der Waals surface area (Å²) in [5.74, 6) is -0.414. The van der Waals surface area contributed by atoms with E-state index in [0.29, 0.717) is 12.2 Å². The molecule has 0 radical (unpaired) electrons. The summed E-state index contributed by atoms with van der Waals surface area (Å²) in [5, 5.41) is 12.2. The molecule has 0 aliphatic rings. The predicted octanol–water partition coefficient (Wildman–Crippen LogP) is 3.24. The van der Waals surface area contributed by atoms with Crippen LogP contribution in [-0.4, -0.2) is 28.7 Å². The Morgan fingerprint density at radius 1 is 1.23 bits per heavy atom.